The zero-order chi connectivity index (χ0) is 15.2. The second kappa shape index (κ2) is 7.66. The van der Waals surface area contributed by atoms with Gasteiger partial charge in [-0.25, -0.2) is 0 Å². The Morgan fingerprint density at radius 3 is 2.90 bits per heavy atom. The summed E-state index contributed by atoms with van der Waals surface area (Å²) >= 11 is 3.46. The van der Waals surface area contributed by atoms with Crippen molar-refractivity contribution in [1.29, 1.82) is 0 Å². The Morgan fingerprint density at radius 1 is 1.43 bits per heavy atom. The number of carbonyl (C=O) groups is 1. The Morgan fingerprint density at radius 2 is 2.19 bits per heavy atom. The summed E-state index contributed by atoms with van der Waals surface area (Å²) in [6.45, 7) is 3.61. The fraction of sp³-hybridized carbons (Fsp3) is 0.533. The summed E-state index contributed by atoms with van der Waals surface area (Å²) in [5, 5.41) is 12.3. The highest BCUT2D eigenvalue weighted by Crippen LogP contribution is 2.38. The van der Waals surface area contributed by atoms with Crippen molar-refractivity contribution in [2.24, 2.45) is 0 Å². The Hall–Kier alpha value is -1.27. The van der Waals surface area contributed by atoms with Gasteiger partial charge in [0.1, 0.15) is 19.3 Å². The first-order valence-electron chi connectivity index (χ1n) is 7.16. The first-order chi connectivity index (χ1) is 10.1. The van der Waals surface area contributed by atoms with E-state index in [1.165, 1.54) is 0 Å². The smallest absolute Gasteiger partial charge is 0.320 e. The Kier molecular flexibility index (Phi) is 5.87. The van der Waals surface area contributed by atoms with Gasteiger partial charge in [-0.15, -0.1) is 0 Å². The third-order valence-electron chi connectivity index (χ3n) is 3.35. The van der Waals surface area contributed by atoms with Gasteiger partial charge in [0.05, 0.1) is 4.47 Å². The van der Waals surface area contributed by atoms with Crippen LogP contribution >= 0.6 is 15.9 Å². The van der Waals surface area contributed by atoms with Gasteiger partial charge in [-0.05, 0) is 40.0 Å². The number of fused-ring (bicyclic) bond motifs is 1. The fourth-order valence-electron chi connectivity index (χ4n) is 2.23. The molecule has 5 nitrogen and oxygen atoms in total. The predicted octanol–water partition coefficient (Wildman–Crippen LogP) is 2.95. The molecule has 1 aliphatic heterocycles. The van der Waals surface area contributed by atoms with Gasteiger partial charge in [0.2, 0.25) is 0 Å². The molecule has 1 heterocycles. The van der Waals surface area contributed by atoms with Crippen LogP contribution in [0.25, 0.3) is 0 Å². The van der Waals surface area contributed by atoms with E-state index in [-0.39, 0.29) is 0 Å². The van der Waals surface area contributed by atoms with E-state index < -0.39 is 12.0 Å². The topological polar surface area (TPSA) is 67.8 Å². The number of hydrogen-bond acceptors (Lipinski definition) is 4. The van der Waals surface area contributed by atoms with Gasteiger partial charge in [-0.2, -0.15) is 0 Å². The van der Waals surface area contributed by atoms with E-state index in [2.05, 4.69) is 28.2 Å². The van der Waals surface area contributed by atoms with Gasteiger partial charge in [0.15, 0.2) is 11.5 Å². The molecular weight excluding hydrogens is 338 g/mol. The maximum atomic E-state index is 11.2. The van der Waals surface area contributed by atoms with Crippen molar-refractivity contribution in [3.05, 3.63) is 22.2 Å². The zero-order valence-electron chi connectivity index (χ0n) is 12.0. The van der Waals surface area contributed by atoms with Crippen molar-refractivity contribution in [2.75, 3.05) is 13.2 Å². The minimum absolute atomic E-state index is 0.482. The molecule has 1 atom stereocenters. The second-order valence-corrected chi connectivity index (χ2v) is 5.87. The monoisotopic (exact) mass is 357 g/mol. The lowest BCUT2D eigenvalue weighted by molar-refractivity contribution is -0.139. The highest BCUT2D eigenvalue weighted by molar-refractivity contribution is 9.10. The van der Waals surface area contributed by atoms with Gasteiger partial charge >= 0.3 is 5.97 Å². The molecule has 0 fully saturated rings. The molecule has 0 aliphatic carbocycles. The molecule has 116 valence electrons. The van der Waals surface area contributed by atoms with Crippen molar-refractivity contribution in [2.45, 2.75) is 38.8 Å². The van der Waals surface area contributed by atoms with Crippen LogP contribution in [0.2, 0.25) is 0 Å². The van der Waals surface area contributed by atoms with Gasteiger partial charge in [-0.1, -0.05) is 19.8 Å². The maximum Gasteiger partial charge on any atom is 0.320 e. The maximum absolute atomic E-state index is 11.2. The van der Waals surface area contributed by atoms with Gasteiger partial charge in [0, 0.05) is 6.54 Å². The highest BCUT2D eigenvalue weighted by Gasteiger charge is 2.19. The largest absolute Gasteiger partial charge is 0.486 e. The summed E-state index contributed by atoms with van der Waals surface area (Å²) in [5.74, 6) is 0.610. The number of aliphatic carboxylic acids is 1. The summed E-state index contributed by atoms with van der Waals surface area (Å²) in [7, 11) is 0. The molecule has 0 aromatic heterocycles. The van der Waals surface area contributed by atoms with E-state index in [4.69, 9.17) is 9.47 Å². The number of nitrogens with one attached hydrogen (secondary N) is 1. The Labute approximate surface area is 132 Å². The standard InChI is InChI=1S/C15H20BrNO4/c1-2-3-4-12(15(18)19)17-9-10-7-11(16)14-13(8-10)20-5-6-21-14/h7-8,12,17H,2-6,9H2,1H3,(H,18,19)/t12-/m0/s1. The summed E-state index contributed by atoms with van der Waals surface area (Å²) in [4.78, 5) is 11.2. The molecule has 0 spiro atoms. The Bertz CT molecular complexity index is 507. The van der Waals surface area contributed by atoms with Gasteiger partial charge in [0.25, 0.3) is 0 Å². The molecule has 0 amide bonds. The lowest BCUT2D eigenvalue weighted by Crippen LogP contribution is -2.36. The third-order valence-corrected chi connectivity index (χ3v) is 3.94. The summed E-state index contributed by atoms with van der Waals surface area (Å²) < 4.78 is 11.9. The third kappa shape index (κ3) is 4.35. The molecule has 0 saturated carbocycles. The number of carboxylic acid groups (broad SMARTS) is 1. The lowest BCUT2D eigenvalue weighted by Gasteiger charge is -2.21. The van der Waals surface area contributed by atoms with Crippen LogP contribution in [0.3, 0.4) is 0 Å². The van der Waals surface area contributed by atoms with Crippen molar-refractivity contribution in [3.8, 4) is 11.5 Å². The van der Waals surface area contributed by atoms with Gasteiger partial charge < -0.3 is 19.9 Å². The molecule has 0 radical (unpaired) electrons. The number of rotatable bonds is 7. The second-order valence-electron chi connectivity index (χ2n) is 5.02. The zero-order valence-corrected chi connectivity index (χ0v) is 13.6. The van der Waals surface area contributed by atoms with E-state index >= 15 is 0 Å². The molecule has 0 saturated heterocycles. The van der Waals surface area contributed by atoms with Crippen LogP contribution in [0.1, 0.15) is 31.7 Å². The fourth-order valence-corrected chi connectivity index (χ4v) is 2.83. The Balaban J connectivity index is 2.02. The number of hydrogen-bond donors (Lipinski definition) is 2. The van der Waals surface area contributed by atoms with E-state index in [1.54, 1.807) is 0 Å². The van der Waals surface area contributed by atoms with E-state index in [0.29, 0.717) is 37.7 Å². The summed E-state index contributed by atoms with van der Waals surface area (Å²) in [5.41, 5.74) is 0.967. The number of ether oxygens (including phenoxy) is 2. The predicted molar refractivity (Wildman–Crippen MR) is 82.9 cm³/mol. The first-order valence-corrected chi connectivity index (χ1v) is 7.95. The molecule has 0 bridgehead atoms. The lowest BCUT2D eigenvalue weighted by atomic mass is 10.1. The quantitative estimate of drug-likeness (QED) is 0.785. The molecule has 1 aliphatic rings. The first kappa shape index (κ1) is 16.1. The van der Waals surface area contributed by atoms with Crippen LogP contribution in [0, 0.1) is 0 Å². The molecule has 1 aromatic carbocycles. The molecule has 2 rings (SSSR count). The van der Waals surface area contributed by atoms with Crippen LogP contribution in [0.5, 0.6) is 11.5 Å². The number of benzene rings is 1. The molecule has 2 N–H and O–H groups in total. The minimum Gasteiger partial charge on any atom is -0.486 e. The molecule has 1 aromatic rings. The molecule has 6 heteroatoms. The number of unbranched alkanes of at least 4 members (excludes halogenated alkanes) is 1. The molecule has 0 unspecified atom stereocenters. The van der Waals surface area contributed by atoms with Crippen LogP contribution in [-0.4, -0.2) is 30.3 Å². The normalized spacial score (nSPS) is 14.8. The highest BCUT2D eigenvalue weighted by atomic mass is 79.9. The summed E-state index contributed by atoms with van der Waals surface area (Å²) in [6, 6.07) is 3.31. The van der Waals surface area contributed by atoms with E-state index in [1.807, 2.05) is 12.1 Å². The molecule has 21 heavy (non-hydrogen) atoms. The average Bonchev–Trinajstić information content (AvgIpc) is 2.47. The van der Waals surface area contributed by atoms with Crippen molar-refractivity contribution < 1.29 is 19.4 Å². The average molecular weight is 358 g/mol. The number of carboxylic acids is 1. The van der Waals surface area contributed by atoms with Crippen LogP contribution in [0.4, 0.5) is 0 Å². The molecular formula is C15H20BrNO4. The van der Waals surface area contributed by atoms with E-state index in [0.717, 1.165) is 22.9 Å². The van der Waals surface area contributed by atoms with Gasteiger partial charge in [-0.3, -0.25) is 4.79 Å². The van der Waals surface area contributed by atoms with Crippen LogP contribution in [-0.2, 0) is 11.3 Å². The van der Waals surface area contributed by atoms with Crippen LogP contribution in [0.15, 0.2) is 16.6 Å². The van der Waals surface area contributed by atoms with E-state index in [9.17, 15) is 9.90 Å². The SMILES string of the molecule is CCCC[C@H](NCc1cc(Br)c2c(c1)OCCO2)C(=O)O. The van der Waals surface area contributed by atoms with Crippen molar-refractivity contribution in [1.82, 2.24) is 5.32 Å². The minimum atomic E-state index is -0.806. The summed E-state index contributed by atoms with van der Waals surface area (Å²) in [6.07, 6.45) is 2.52. The van der Waals surface area contributed by atoms with Crippen molar-refractivity contribution >= 4 is 21.9 Å². The van der Waals surface area contributed by atoms with Crippen LogP contribution < -0.4 is 14.8 Å². The van der Waals surface area contributed by atoms with Crippen molar-refractivity contribution in [3.63, 3.8) is 0 Å². The number of halogens is 1.